The lowest BCUT2D eigenvalue weighted by Crippen LogP contribution is -2.43. The van der Waals surface area contributed by atoms with Crippen LogP contribution in [0.5, 0.6) is 5.75 Å². The Balaban J connectivity index is 0.00000109. The van der Waals surface area contributed by atoms with Gasteiger partial charge >= 0.3 is 10.6 Å². The van der Waals surface area contributed by atoms with Crippen molar-refractivity contribution in [2.24, 2.45) is 30.7 Å². The molecule has 1 saturated heterocycles. The van der Waals surface area contributed by atoms with Crippen molar-refractivity contribution in [1.29, 1.82) is 0 Å². The van der Waals surface area contributed by atoms with E-state index >= 15 is 0 Å². The molecule has 0 spiro atoms. The van der Waals surface area contributed by atoms with Crippen LogP contribution < -0.4 is 10.1 Å². The molecular formula is C30H23N7O7S. The van der Waals surface area contributed by atoms with Crippen molar-refractivity contribution in [1.82, 2.24) is 5.32 Å². The molecule has 0 radical (unpaired) electrons. The summed E-state index contributed by atoms with van der Waals surface area (Å²) in [6.45, 7) is 5.89. The highest BCUT2D eigenvalue weighted by molar-refractivity contribution is 7.59. The van der Waals surface area contributed by atoms with Crippen molar-refractivity contribution in [3.8, 4) is 5.75 Å². The molecule has 4 aromatic rings. The Morgan fingerprint density at radius 3 is 1.96 bits per heavy atom. The lowest BCUT2D eigenvalue weighted by molar-refractivity contribution is -0.131. The van der Waals surface area contributed by atoms with Crippen LogP contribution in [0.3, 0.4) is 0 Å². The standard InChI is InChI=1S/C30H23N7O4.O3S/c1-18-15-21(9-12-25(18)34-32-20-7-10-22(11-8-20)41-17-38)33-35-26-13-14-27(24-6-4-3-5-23(24)26)36-37-29-28(39)16-19(2)31-30(29)40;1-4(2)3/h3-15,17,29H,2,16H2,1H3,(H,31,40);. The van der Waals surface area contributed by atoms with Gasteiger partial charge in [-0.3, -0.25) is 14.4 Å². The average Bonchev–Trinajstić information content (AvgIpc) is 3.00. The third-order valence-corrected chi connectivity index (χ3v) is 6.15. The molecule has 1 amide bonds. The summed E-state index contributed by atoms with van der Waals surface area (Å²) in [7, 11) is -3.11. The molecule has 1 atom stereocenters. The molecule has 0 saturated carbocycles. The molecule has 1 heterocycles. The van der Waals surface area contributed by atoms with E-state index in [0.717, 1.165) is 16.3 Å². The summed E-state index contributed by atoms with van der Waals surface area (Å²) < 4.78 is 30.1. The molecule has 0 aromatic heterocycles. The zero-order valence-electron chi connectivity index (χ0n) is 23.5. The van der Waals surface area contributed by atoms with Gasteiger partial charge in [-0.15, -0.1) is 17.7 Å². The monoisotopic (exact) mass is 625 g/mol. The number of hydrogen-bond donors (Lipinski definition) is 1. The van der Waals surface area contributed by atoms with E-state index in [0.29, 0.717) is 46.4 Å². The van der Waals surface area contributed by atoms with E-state index in [9.17, 15) is 14.4 Å². The Bertz CT molecular complexity index is 1970. The Morgan fingerprint density at radius 1 is 0.800 bits per heavy atom. The molecule has 1 fully saturated rings. The minimum Gasteiger partial charge on any atom is -0.429 e. The molecule has 0 aliphatic carbocycles. The number of ketones is 1. The van der Waals surface area contributed by atoms with Crippen LogP contribution in [0, 0.1) is 6.92 Å². The largest absolute Gasteiger partial charge is 0.429 e. The highest BCUT2D eigenvalue weighted by Gasteiger charge is 2.31. The van der Waals surface area contributed by atoms with Gasteiger partial charge < -0.3 is 10.1 Å². The molecule has 226 valence electrons. The Morgan fingerprint density at radius 2 is 1.36 bits per heavy atom. The topological polar surface area (TPSA) is 198 Å². The normalized spacial score (nSPS) is 14.9. The lowest BCUT2D eigenvalue weighted by atomic mass is 10.0. The van der Waals surface area contributed by atoms with Gasteiger partial charge in [-0.2, -0.15) is 25.6 Å². The maximum Gasteiger partial charge on any atom is 0.425 e. The van der Waals surface area contributed by atoms with Crippen LogP contribution in [-0.2, 0) is 25.0 Å². The van der Waals surface area contributed by atoms with Crippen LogP contribution in [0.1, 0.15) is 12.0 Å². The number of piperidine rings is 1. The van der Waals surface area contributed by atoms with Crippen molar-refractivity contribution in [2.45, 2.75) is 19.4 Å². The predicted molar refractivity (Wildman–Crippen MR) is 162 cm³/mol. The molecule has 1 unspecified atom stereocenters. The second-order valence-corrected chi connectivity index (χ2v) is 9.69. The number of ether oxygens (including phenoxy) is 1. The van der Waals surface area contributed by atoms with Crippen LogP contribution in [-0.4, -0.2) is 36.8 Å². The van der Waals surface area contributed by atoms with Crippen LogP contribution in [0.4, 0.5) is 28.4 Å². The highest BCUT2D eigenvalue weighted by atomic mass is 32.2. The van der Waals surface area contributed by atoms with E-state index < -0.39 is 22.6 Å². The Labute approximate surface area is 257 Å². The van der Waals surface area contributed by atoms with Crippen LogP contribution in [0.25, 0.3) is 10.8 Å². The summed E-state index contributed by atoms with van der Waals surface area (Å²) >= 11 is 0. The van der Waals surface area contributed by atoms with Gasteiger partial charge in [0, 0.05) is 22.9 Å². The van der Waals surface area contributed by atoms with Crippen molar-refractivity contribution in [2.75, 3.05) is 0 Å². The third kappa shape index (κ3) is 8.71. The predicted octanol–water partition coefficient (Wildman–Crippen LogP) is 6.57. The number of Topliss-reactive ketones (excluding diaryl/α,β-unsaturated/α-hetero) is 1. The number of rotatable bonds is 8. The van der Waals surface area contributed by atoms with E-state index in [-0.39, 0.29) is 12.2 Å². The van der Waals surface area contributed by atoms with Crippen molar-refractivity contribution in [3.05, 3.63) is 96.7 Å². The Kier molecular flexibility index (Phi) is 10.5. The summed E-state index contributed by atoms with van der Waals surface area (Å²) in [6.07, 6.45) is 0.0336. The summed E-state index contributed by atoms with van der Waals surface area (Å²) in [6, 6.07) is 21.8. The molecule has 5 rings (SSSR count). The minimum atomic E-state index is -3.11. The first-order valence-electron chi connectivity index (χ1n) is 13.0. The van der Waals surface area contributed by atoms with E-state index in [4.69, 9.17) is 17.4 Å². The Hall–Kier alpha value is -6.09. The number of nitrogens with zero attached hydrogens (tertiary/aromatic N) is 6. The molecule has 14 nitrogen and oxygen atoms in total. The van der Waals surface area contributed by atoms with Gasteiger partial charge in [0.15, 0.2) is 5.78 Å². The van der Waals surface area contributed by atoms with E-state index in [2.05, 4.69) is 42.6 Å². The first-order chi connectivity index (χ1) is 21.6. The van der Waals surface area contributed by atoms with Gasteiger partial charge in [0.2, 0.25) is 6.04 Å². The van der Waals surface area contributed by atoms with Crippen LogP contribution in [0.15, 0.2) is 122 Å². The number of azo groups is 3. The molecule has 0 bridgehead atoms. The fraction of sp³-hybridized carbons (Fsp3) is 0.100. The third-order valence-electron chi connectivity index (χ3n) is 6.15. The highest BCUT2D eigenvalue weighted by Crippen LogP contribution is 2.35. The first-order valence-corrected chi connectivity index (χ1v) is 14.0. The number of benzene rings is 4. The molecule has 1 aliphatic heterocycles. The number of amides is 1. The zero-order valence-corrected chi connectivity index (χ0v) is 24.3. The van der Waals surface area contributed by atoms with Gasteiger partial charge in [-0.25, -0.2) is 0 Å². The van der Waals surface area contributed by atoms with Gasteiger partial charge in [0.1, 0.15) is 5.75 Å². The second-order valence-electron chi connectivity index (χ2n) is 9.29. The number of carbonyl (C=O) groups excluding carboxylic acids is 3. The molecule has 1 N–H and O–H groups in total. The van der Waals surface area contributed by atoms with Crippen LogP contribution in [0.2, 0.25) is 0 Å². The van der Waals surface area contributed by atoms with Crippen molar-refractivity contribution >= 4 is 68.0 Å². The second kappa shape index (κ2) is 14.9. The zero-order chi connectivity index (χ0) is 32.3. The van der Waals surface area contributed by atoms with Crippen molar-refractivity contribution < 1.29 is 31.7 Å². The van der Waals surface area contributed by atoms with Crippen LogP contribution >= 0.6 is 0 Å². The number of hydrogen-bond acceptors (Lipinski definition) is 13. The maximum atomic E-state index is 12.2. The number of carbonyl (C=O) groups is 3. The van der Waals surface area contributed by atoms with Gasteiger partial charge in [-0.05, 0) is 67.1 Å². The fourth-order valence-corrected chi connectivity index (χ4v) is 4.10. The average molecular weight is 626 g/mol. The van der Waals surface area contributed by atoms with E-state index in [1.165, 1.54) is 0 Å². The SMILES string of the molecule is C=C1CC(=O)C(N=Nc2ccc(N=Nc3ccc(N=Nc4ccc(OC=O)cc4)c(C)c3)c3ccccc23)C(=O)N1.O=S(=O)=O. The first kappa shape index (κ1) is 31.8. The van der Waals surface area contributed by atoms with E-state index in [1.54, 1.807) is 48.5 Å². The molecule has 45 heavy (non-hydrogen) atoms. The van der Waals surface area contributed by atoms with E-state index in [1.807, 2.05) is 37.3 Å². The lowest BCUT2D eigenvalue weighted by Gasteiger charge is -2.18. The quantitative estimate of drug-likeness (QED) is 0.130. The minimum absolute atomic E-state index is 0.0336. The maximum absolute atomic E-state index is 12.2. The molecule has 4 aromatic carbocycles. The number of nitrogens with one attached hydrogen (secondary N) is 1. The summed E-state index contributed by atoms with van der Waals surface area (Å²) in [5, 5.41) is 29.7. The summed E-state index contributed by atoms with van der Waals surface area (Å²) in [5.41, 5.74) is 4.25. The number of fused-ring (bicyclic) bond motifs is 1. The van der Waals surface area contributed by atoms with Gasteiger partial charge in [-0.1, -0.05) is 30.8 Å². The summed E-state index contributed by atoms with van der Waals surface area (Å²) in [4.78, 5) is 34.8. The number of allylic oxidation sites excluding steroid dienone is 1. The van der Waals surface area contributed by atoms with Crippen molar-refractivity contribution in [3.63, 3.8) is 0 Å². The van der Waals surface area contributed by atoms with Gasteiger partial charge in [0.05, 0.1) is 28.4 Å². The fourth-order valence-electron chi connectivity index (χ4n) is 4.10. The molecule has 1 aliphatic rings. The smallest absolute Gasteiger partial charge is 0.425 e. The number of aryl methyl sites for hydroxylation is 1. The van der Waals surface area contributed by atoms with Gasteiger partial charge in [0.25, 0.3) is 12.4 Å². The molecular weight excluding hydrogens is 602 g/mol. The molecule has 15 heteroatoms. The summed E-state index contributed by atoms with van der Waals surface area (Å²) in [5.74, 6) is -0.458.